The van der Waals surface area contributed by atoms with Gasteiger partial charge in [0.2, 0.25) is 0 Å². The first-order chi connectivity index (χ1) is 10.7. The second-order valence-corrected chi connectivity index (χ2v) is 6.33. The molecule has 0 saturated carbocycles. The number of nitrogens with one attached hydrogen (secondary N) is 1. The predicted octanol–water partition coefficient (Wildman–Crippen LogP) is 2.59. The van der Waals surface area contributed by atoms with Crippen molar-refractivity contribution in [2.45, 2.75) is 32.8 Å². The van der Waals surface area contributed by atoms with Gasteiger partial charge in [-0.05, 0) is 39.3 Å². The molecule has 1 aromatic carbocycles. The molecule has 0 spiro atoms. The Hall–Kier alpha value is -2.15. The third-order valence-corrected chi connectivity index (χ3v) is 3.07. The number of rotatable bonds is 7. The van der Waals surface area contributed by atoms with Gasteiger partial charge < -0.3 is 15.0 Å². The Morgan fingerprint density at radius 1 is 1.26 bits per heavy atom. The molecule has 0 unspecified atom stereocenters. The molecule has 0 fully saturated rings. The van der Waals surface area contributed by atoms with Crippen LogP contribution in [-0.4, -0.2) is 48.2 Å². The highest BCUT2D eigenvalue weighted by Crippen LogP contribution is 2.12. The molecule has 128 valence electrons. The van der Waals surface area contributed by atoms with Gasteiger partial charge in [0.15, 0.2) is 0 Å². The highest BCUT2D eigenvalue weighted by Gasteiger charge is 2.18. The molecule has 0 radical (unpaired) electrons. The van der Waals surface area contributed by atoms with Crippen LogP contribution in [0.5, 0.6) is 0 Å². The minimum absolute atomic E-state index is 0.0979. The number of nitrogens with zero attached hydrogens (tertiary/aromatic N) is 2. The first kappa shape index (κ1) is 18.9. The van der Waals surface area contributed by atoms with E-state index in [1.165, 1.54) is 17.0 Å². The van der Waals surface area contributed by atoms with E-state index in [-0.39, 0.29) is 11.8 Å². The topological polar surface area (TPSA) is 84.7 Å². The monoisotopic (exact) mass is 323 g/mol. The predicted molar refractivity (Wildman–Crippen MR) is 88.5 cm³/mol. The molecule has 0 bridgehead atoms. The highest BCUT2D eigenvalue weighted by molar-refractivity contribution is 5.67. The van der Waals surface area contributed by atoms with Gasteiger partial charge >= 0.3 is 6.09 Å². The van der Waals surface area contributed by atoms with Crippen molar-refractivity contribution in [2.24, 2.45) is 0 Å². The van der Waals surface area contributed by atoms with Crippen LogP contribution in [0.4, 0.5) is 10.5 Å². The van der Waals surface area contributed by atoms with E-state index in [1.807, 2.05) is 20.8 Å². The second-order valence-electron chi connectivity index (χ2n) is 6.33. The van der Waals surface area contributed by atoms with E-state index >= 15 is 0 Å². The van der Waals surface area contributed by atoms with Crippen LogP contribution in [0.3, 0.4) is 0 Å². The molecule has 7 heteroatoms. The Morgan fingerprint density at radius 2 is 1.87 bits per heavy atom. The van der Waals surface area contributed by atoms with Crippen molar-refractivity contribution in [2.75, 3.05) is 26.7 Å². The summed E-state index contributed by atoms with van der Waals surface area (Å²) < 4.78 is 5.26. The molecule has 0 saturated heterocycles. The Labute approximate surface area is 136 Å². The standard InChI is InChI=1S/C16H25N3O4/c1-16(2,3)23-15(20)18(4)12-11-17-10-9-13-5-7-14(8-6-13)19(21)22/h5-8,17H,9-12H2,1-4H3. The molecule has 0 aromatic heterocycles. The zero-order valence-corrected chi connectivity index (χ0v) is 14.2. The fraction of sp³-hybridized carbons (Fsp3) is 0.562. The molecule has 0 atom stereocenters. The quantitative estimate of drug-likeness (QED) is 0.473. The van der Waals surface area contributed by atoms with Gasteiger partial charge in [-0.25, -0.2) is 4.79 Å². The Balaban J connectivity index is 2.22. The number of non-ortho nitro benzene ring substituents is 1. The van der Waals surface area contributed by atoms with E-state index in [0.29, 0.717) is 13.1 Å². The molecule has 1 N–H and O–H groups in total. The molecule has 1 amide bonds. The number of likely N-dealkylation sites (N-methyl/N-ethyl adjacent to an activating group) is 1. The Morgan fingerprint density at radius 3 is 2.39 bits per heavy atom. The fourth-order valence-corrected chi connectivity index (χ4v) is 1.82. The van der Waals surface area contributed by atoms with Gasteiger partial charge in [-0.15, -0.1) is 0 Å². The summed E-state index contributed by atoms with van der Waals surface area (Å²) >= 11 is 0. The summed E-state index contributed by atoms with van der Waals surface area (Å²) in [7, 11) is 1.70. The van der Waals surface area contributed by atoms with E-state index in [0.717, 1.165) is 18.5 Å². The van der Waals surface area contributed by atoms with E-state index in [9.17, 15) is 14.9 Å². The first-order valence-corrected chi connectivity index (χ1v) is 7.57. The van der Waals surface area contributed by atoms with Gasteiger partial charge in [0, 0.05) is 32.3 Å². The molecular formula is C16H25N3O4. The van der Waals surface area contributed by atoms with Crippen LogP contribution in [0.2, 0.25) is 0 Å². The maximum absolute atomic E-state index is 11.8. The summed E-state index contributed by atoms with van der Waals surface area (Å²) in [4.78, 5) is 23.4. The van der Waals surface area contributed by atoms with Crippen molar-refractivity contribution in [1.29, 1.82) is 0 Å². The summed E-state index contributed by atoms with van der Waals surface area (Å²) in [5, 5.41) is 13.8. The van der Waals surface area contributed by atoms with E-state index in [1.54, 1.807) is 19.2 Å². The van der Waals surface area contributed by atoms with Crippen molar-refractivity contribution < 1.29 is 14.5 Å². The number of hydrogen-bond donors (Lipinski definition) is 1. The summed E-state index contributed by atoms with van der Waals surface area (Å²) in [5.74, 6) is 0. The number of amides is 1. The number of ether oxygens (including phenoxy) is 1. The lowest BCUT2D eigenvalue weighted by Crippen LogP contribution is -2.38. The van der Waals surface area contributed by atoms with E-state index in [4.69, 9.17) is 4.74 Å². The number of carbonyl (C=O) groups is 1. The van der Waals surface area contributed by atoms with Gasteiger partial charge in [0.25, 0.3) is 5.69 Å². The summed E-state index contributed by atoms with van der Waals surface area (Å²) in [6.45, 7) is 7.45. The lowest BCUT2D eigenvalue weighted by Gasteiger charge is -2.24. The summed E-state index contributed by atoms with van der Waals surface area (Å²) in [6.07, 6.45) is 0.434. The molecule has 0 aliphatic heterocycles. The van der Waals surface area contributed by atoms with Crippen LogP contribution in [-0.2, 0) is 11.2 Å². The van der Waals surface area contributed by atoms with Crippen molar-refractivity contribution in [3.8, 4) is 0 Å². The van der Waals surface area contributed by atoms with Crippen molar-refractivity contribution in [3.05, 3.63) is 39.9 Å². The first-order valence-electron chi connectivity index (χ1n) is 7.57. The summed E-state index contributed by atoms with van der Waals surface area (Å²) in [5.41, 5.74) is 0.638. The summed E-state index contributed by atoms with van der Waals surface area (Å²) in [6, 6.07) is 6.52. The fourth-order valence-electron chi connectivity index (χ4n) is 1.82. The van der Waals surface area contributed by atoms with Crippen LogP contribution < -0.4 is 5.32 Å². The van der Waals surface area contributed by atoms with Crippen molar-refractivity contribution >= 4 is 11.8 Å². The Kier molecular flexibility index (Phi) is 6.96. The number of hydrogen-bond acceptors (Lipinski definition) is 5. The van der Waals surface area contributed by atoms with Crippen molar-refractivity contribution in [1.82, 2.24) is 10.2 Å². The molecule has 1 rings (SSSR count). The van der Waals surface area contributed by atoms with Gasteiger partial charge in [-0.3, -0.25) is 10.1 Å². The van der Waals surface area contributed by atoms with Gasteiger partial charge in [-0.2, -0.15) is 0 Å². The number of benzene rings is 1. The zero-order valence-electron chi connectivity index (χ0n) is 14.2. The average Bonchev–Trinajstić information content (AvgIpc) is 2.45. The van der Waals surface area contributed by atoms with Gasteiger partial charge in [0.05, 0.1) is 4.92 Å². The molecule has 7 nitrogen and oxygen atoms in total. The van der Waals surface area contributed by atoms with Gasteiger partial charge in [0.1, 0.15) is 5.60 Å². The maximum atomic E-state index is 11.8. The molecule has 23 heavy (non-hydrogen) atoms. The lowest BCUT2D eigenvalue weighted by molar-refractivity contribution is -0.384. The minimum atomic E-state index is -0.491. The van der Waals surface area contributed by atoms with E-state index in [2.05, 4.69) is 5.32 Å². The van der Waals surface area contributed by atoms with Gasteiger partial charge in [-0.1, -0.05) is 12.1 Å². The third-order valence-electron chi connectivity index (χ3n) is 3.07. The number of nitro groups is 1. The molecular weight excluding hydrogens is 298 g/mol. The third kappa shape index (κ3) is 7.60. The SMILES string of the molecule is CN(CCNCCc1ccc([N+](=O)[O-])cc1)C(=O)OC(C)(C)C. The molecule has 0 aliphatic carbocycles. The number of carbonyl (C=O) groups excluding carboxylic acids is 1. The normalized spacial score (nSPS) is 11.1. The van der Waals surface area contributed by atoms with Crippen molar-refractivity contribution in [3.63, 3.8) is 0 Å². The second kappa shape index (κ2) is 8.47. The molecule has 0 heterocycles. The largest absolute Gasteiger partial charge is 0.444 e. The van der Waals surface area contributed by atoms with Crippen LogP contribution in [0.15, 0.2) is 24.3 Å². The average molecular weight is 323 g/mol. The molecule has 0 aliphatic rings. The number of nitro benzene ring substituents is 1. The van der Waals surface area contributed by atoms with Crippen LogP contribution in [0, 0.1) is 10.1 Å². The Bertz CT molecular complexity index is 523. The highest BCUT2D eigenvalue weighted by atomic mass is 16.6. The minimum Gasteiger partial charge on any atom is -0.444 e. The lowest BCUT2D eigenvalue weighted by atomic mass is 10.1. The maximum Gasteiger partial charge on any atom is 0.410 e. The van der Waals surface area contributed by atoms with Crippen LogP contribution in [0.25, 0.3) is 0 Å². The van der Waals surface area contributed by atoms with E-state index < -0.39 is 10.5 Å². The smallest absolute Gasteiger partial charge is 0.410 e. The zero-order chi connectivity index (χ0) is 17.5. The van der Waals surface area contributed by atoms with Crippen LogP contribution in [0.1, 0.15) is 26.3 Å². The molecule has 1 aromatic rings. The van der Waals surface area contributed by atoms with Crippen LogP contribution >= 0.6 is 0 Å².